The molecule has 0 aromatic heterocycles. The Kier molecular flexibility index (Phi) is 6.31. The zero-order valence-electron chi connectivity index (χ0n) is 10.0. The highest BCUT2D eigenvalue weighted by Gasteiger charge is 2.00. The number of nitrogens with one attached hydrogen (secondary N) is 1. The van der Waals surface area contributed by atoms with E-state index in [2.05, 4.69) is 19.2 Å². The normalized spacial score (nSPS) is 12.4. The van der Waals surface area contributed by atoms with E-state index in [1.807, 2.05) is 17.8 Å². The van der Waals surface area contributed by atoms with E-state index < -0.39 is 0 Å². The number of benzene rings is 1. The van der Waals surface area contributed by atoms with Crippen molar-refractivity contribution in [3.05, 3.63) is 30.1 Å². The molecule has 0 bridgehead atoms. The largest absolute Gasteiger partial charge is 0.382 e. The maximum Gasteiger partial charge on any atom is 0.146 e. The van der Waals surface area contributed by atoms with Crippen molar-refractivity contribution in [1.82, 2.24) is 0 Å². The van der Waals surface area contributed by atoms with Crippen molar-refractivity contribution in [2.24, 2.45) is 5.92 Å². The highest BCUT2D eigenvalue weighted by Crippen LogP contribution is 2.14. The fourth-order valence-corrected chi connectivity index (χ4v) is 2.32. The van der Waals surface area contributed by atoms with Crippen LogP contribution in [0, 0.1) is 11.7 Å². The van der Waals surface area contributed by atoms with Crippen molar-refractivity contribution in [2.75, 3.05) is 23.4 Å². The van der Waals surface area contributed by atoms with Gasteiger partial charge in [0.25, 0.3) is 0 Å². The zero-order valence-corrected chi connectivity index (χ0v) is 10.8. The van der Waals surface area contributed by atoms with Crippen LogP contribution in [0.2, 0.25) is 0 Å². The van der Waals surface area contributed by atoms with Gasteiger partial charge in [0, 0.05) is 12.3 Å². The van der Waals surface area contributed by atoms with Gasteiger partial charge in [-0.1, -0.05) is 32.4 Å². The predicted molar refractivity (Wildman–Crippen MR) is 71.7 cm³/mol. The standard InChI is InChI=1S/C13H20FNS/c1-3-11(2)10-16-9-8-15-13-7-5-4-6-12(13)14/h4-7,11,15H,3,8-10H2,1-2H3. The van der Waals surface area contributed by atoms with E-state index in [9.17, 15) is 4.39 Å². The molecule has 3 heteroatoms. The third-order valence-electron chi connectivity index (χ3n) is 2.53. The molecule has 0 spiro atoms. The first-order valence-electron chi connectivity index (χ1n) is 5.80. The highest BCUT2D eigenvalue weighted by atomic mass is 32.2. The minimum absolute atomic E-state index is 0.172. The zero-order chi connectivity index (χ0) is 11.8. The summed E-state index contributed by atoms with van der Waals surface area (Å²) >= 11 is 1.93. The predicted octanol–water partition coefficient (Wildman–Crippen LogP) is 4.02. The number of rotatable bonds is 7. The minimum Gasteiger partial charge on any atom is -0.382 e. The summed E-state index contributed by atoms with van der Waals surface area (Å²) in [5.41, 5.74) is 0.603. The molecule has 1 atom stereocenters. The Morgan fingerprint density at radius 2 is 2.12 bits per heavy atom. The molecular weight excluding hydrogens is 221 g/mol. The fourth-order valence-electron chi connectivity index (χ4n) is 1.26. The Labute approximate surface area is 102 Å². The van der Waals surface area contributed by atoms with Crippen LogP contribution in [0.1, 0.15) is 20.3 Å². The van der Waals surface area contributed by atoms with Crippen LogP contribution in [0.4, 0.5) is 10.1 Å². The molecule has 1 N–H and O–H groups in total. The second kappa shape index (κ2) is 7.55. The molecule has 90 valence electrons. The first-order valence-corrected chi connectivity index (χ1v) is 6.95. The van der Waals surface area contributed by atoms with Crippen LogP contribution in [0.5, 0.6) is 0 Å². The molecule has 0 radical (unpaired) electrons. The van der Waals surface area contributed by atoms with Gasteiger partial charge in [0.1, 0.15) is 5.82 Å². The summed E-state index contributed by atoms with van der Waals surface area (Å²) in [6.07, 6.45) is 1.23. The lowest BCUT2D eigenvalue weighted by molar-refractivity contribution is 0.630. The maximum atomic E-state index is 13.2. The van der Waals surface area contributed by atoms with Crippen molar-refractivity contribution in [1.29, 1.82) is 0 Å². The molecule has 0 amide bonds. The number of hydrogen-bond acceptors (Lipinski definition) is 2. The molecule has 0 heterocycles. The summed E-state index contributed by atoms with van der Waals surface area (Å²) in [6.45, 7) is 5.29. The van der Waals surface area contributed by atoms with Crippen LogP contribution in [0.3, 0.4) is 0 Å². The topological polar surface area (TPSA) is 12.0 Å². The molecule has 0 aliphatic heterocycles. The molecule has 0 aliphatic rings. The second-order valence-corrected chi connectivity index (χ2v) is 5.14. The molecule has 0 saturated heterocycles. The Morgan fingerprint density at radius 3 is 2.81 bits per heavy atom. The Balaban J connectivity index is 2.14. The van der Waals surface area contributed by atoms with E-state index in [-0.39, 0.29) is 5.82 Å². The maximum absolute atomic E-state index is 13.2. The van der Waals surface area contributed by atoms with Crippen LogP contribution in [0.15, 0.2) is 24.3 Å². The van der Waals surface area contributed by atoms with E-state index in [1.54, 1.807) is 12.1 Å². The summed E-state index contributed by atoms with van der Waals surface area (Å²) in [6, 6.07) is 6.80. The summed E-state index contributed by atoms with van der Waals surface area (Å²) in [7, 11) is 0. The van der Waals surface area contributed by atoms with Gasteiger partial charge in [0.05, 0.1) is 5.69 Å². The highest BCUT2D eigenvalue weighted by molar-refractivity contribution is 7.99. The van der Waals surface area contributed by atoms with Gasteiger partial charge in [-0.05, 0) is 23.8 Å². The smallest absolute Gasteiger partial charge is 0.146 e. The molecule has 1 aromatic carbocycles. The lowest BCUT2D eigenvalue weighted by atomic mass is 10.2. The van der Waals surface area contributed by atoms with Gasteiger partial charge in [0.2, 0.25) is 0 Å². The lowest BCUT2D eigenvalue weighted by Crippen LogP contribution is -2.07. The number of halogens is 1. The number of hydrogen-bond donors (Lipinski definition) is 1. The quantitative estimate of drug-likeness (QED) is 0.724. The molecule has 1 nitrogen and oxygen atoms in total. The Morgan fingerprint density at radius 1 is 1.38 bits per heavy atom. The first kappa shape index (κ1) is 13.4. The van der Waals surface area contributed by atoms with Crippen LogP contribution in [-0.4, -0.2) is 18.1 Å². The number of thioether (sulfide) groups is 1. The van der Waals surface area contributed by atoms with E-state index in [0.29, 0.717) is 5.69 Å². The third-order valence-corrected chi connectivity index (χ3v) is 3.83. The summed E-state index contributed by atoms with van der Waals surface area (Å²) in [4.78, 5) is 0. The van der Waals surface area contributed by atoms with Gasteiger partial charge < -0.3 is 5.32 Å². The van der Waals surface area contributed by atoms with Crippen LogP contribution in [-0.2, 0) is 0 Å². The number of anilines is 1. The minimum atomic E-state index is -0.172. The molecule has 0 aliphatic carbocycles. The average Bonchev–Trinajstić information content (AvgIpc) is 2.30. The number of para-hydroxylation sites is 1. The van der Waals surface area contributed by atoms with Crippen molar-refractivity contribution >= 4 is 17.4 Å². The van der Waals surface area contributed by atoms with Gasteiger partial charge in [-0.2, -0.15) is 11.8 Å². The van der Waals surface area contributed by atoms with Crippen LogP contribution in [0.25, 0.3) is 0 Å². The summed E-state index contributed by atoms with van der Waals surface area (Å²) < 4.78 is 13.2. The van der Waals surface area contributed by atoms with Gasteiger partial charge >= 0.3 is 0 Å². The van der Waals surface area contributed by atoms with E-state index in [0.717, 1.165) is 18.2 Å². The molecule has 1 aromatic rings. The SMILES string of the molecule is CCC(C)CSCCNc1ccccc1F. The van der Waals surface area contributed by atoms with E-state index in [1.165, 1.54) is 18.2 Å². The molecule has 1 rings (SSSR count). The monoisotopic (exact) mass is 241 g/mol. The van der Waals surface area contributed by atoms with Gasteiger partial charge in [-0.3, -0.25) is 0 Å². The van der Waals surface area contributed by atoms with Crippen molar-refractivity contribution < 1.29 is 4.39 Å². The van der Waals surface area contributed by atoms with Gasteiger partial charge in [-0.25, -0.2) is 4.39 Å². The lowest BCUT2D eigenvalue weighted by Gasteiger charge is -2.09. The summed E-state index contributed by atoms with van der Waals surface area (Å²) in [5, 5.41) is 3.11. The van der Waals surface area contributed by atoms with Crippen molar-refractivity contribution in [3.63, 3.8) is 0 Å². The third kappa shape index (κ3) is 4.88. The van der Waals surface area contributed by atoms with Crippen molar-refractivity contribution in [3.8, 4) is 0 Å². The molecule has 16 heavy (non-hydrogen) atoms. The first-order chi connectivity index (χ1) is 7.74. The van der Waals surface area contributed by atoms with Gasteiger partial charge in [0.15, 0.2) is 0 Å². The van der Waals surface area contributed by atoms with Gasteiger partial charge in [-0.15, -0.1) is 0 Å². The molecule has 1 unspecified atom stereocenters. The molecule has 0 saturated carbocycles. The van der Waals surface area contributed by atoms with Crippen molar-refractivity contribution in [2.45, 2.75) is 20.3 Å². The summed E-state index contributed by atoms with van der Waals surface area (Å²) in [5.74, 6) is 2.82. The van der Waals surface area contributed by atoms with E-state index >= 15 is 0 Å². The van der Waals surface area contributed by atoms with Crippen LogP contribution >= 0.6 is 11.8 Å². The van der Waals surface area contributed by atoms with Crippen LogP contribution < -0.4 is 5.32 Å². The van der Waals surface area contributed by atoms with E-state index in [4.69, 9.17) is 0 Å². The Hall–Kier alpha value is -0.700. The molecular formula is C13H20FNS. The molecule has 0 fully saturated rings. The fraction of sp³-hybridized carbons (Fsp3) is 0.538. The average molecular weight is 241 g/mol. The second-order valence-electron chi connectivity index (χ2n) is 3.99. The Bertz CT molecular complexity index is 304.